The average Bonchev–Trinajstić information content (AvgIpc) is 2.80. The van der Waals surface area contributed by atoms with Crippen molar-refractivity contribution in [3.8, 4) is 5.69 Å². The second-order valence-electron chi connectivity index (χ2n) is 4.74. The van der Waals surface area contributed by atoms with Gasteiger partial charge in [0.15, 0.2) is 5.69 Å². The van der Waals surface area contributed by atoms with Crippen molar-refractivity contribution in [3.05, 3.63) is 41.7 Å². The molecule has 1 amide bonds. The molecule has 7 heteroatoms. The molecule has 0 aliphatic rings. The number of carboxylic acid groups (broad SMARTS) is 1. The van der Waals surface area contributed by atoms with E-state index in [4.69, 9.17) is 5.11 Å². The summed E-state index contributed by atoms with van der Waals surface area (Å²) in [5.41, 5.74) is 1.59. The maximum absolute atomic E-state index is 12.1. The lowest BCUT2D eigenvalue weighted by Crippen LogP contribution is -2.34. The van der Waals surface area contributed by atoms with Gasteiger partial charge in [-0.05, 0) is 26.0 Å². The highest BCUT2D eigenvalue weighted by Gasteiger charge is 2.19. The summed E-state index contributed by atoms with van der Waals surface area (Å²) in [7, 11) is 0. The van der Waals surface area contributed by atoms with Crippen molar-refractivity contribution in [3.63, 3.8) is 0 Å². The Hall–Kier alpha value is -2.70. The number of carbonyl (C=O) groups excluding carboxylic acids is 1. The maximum Gasteiger partial charge on any atom is 0.305 e. The number of carbonyl (C=O) groups is 2. The van der Waals surface area contributed by atoms with Gasteiger partial charge in [-0.3, -0.25) is 9.59 Å². The minimum atomic E-state index is -0.965. The number of aliphatic carboxylic acids is 1. The Balaban J connectivity index is 2.17. The van der Waals surface area contributed by atoms with Crippen LogP contribution in [0.2, 0.25) is 0 Å². The minimum absolute atomic E-state index is 0.141. The third-order valence-corrected chi connectivity index (χ3v) is 2.97. The van der Waals surface area contributed by atoms with Crippen LogP contribution in [0, 0.1) is 6.92 Å². The Labute approximate surface area is 121 Å². The molecule has 0 saturated carbocycles. The van der Waals surface area contributed by atoms with Gasteiger partial charge in [-0.2, -0.15) is 0 Å². The molecule has 0 aliphatic heterocycles. The minimum Gasteiger partial charge on any atom is -0.481 e. The standard InChI is InChI=1S/C14H16N4O3/c1-9(8-12(19)20)15-14(21)13-10(2)18(17-16-13)11-6-4-3-5-7-11/h3-7,9H,8H2,1-2H3,(H,15,21)(H,19,20). The lowest BCUT2D eigenvalue weighted by atomic mass is 10.2. The number of hydrogen-bond donors (Lipinski definition) is 2. The van der Waals surface area contributed by atoms with Crippen LogP contribution in [0.3, 0.4) is 0 Å². The van der Waals surface area contributed by atoms with Crippen LogP contribution in [0.4, 0.5) is 0 Å². The number of carboxylic acids is 1. The van der Waals surface area contributed by atoms with E-state index in [-0.39, 0.29) is 12.1 Å². The van der Waals surface area contributed by atoms with Crippen LogP contribution in [-0.2, 0) is 4.79 Å². The molecule has 1 heterocycles. The van der Waals surface area contributed by atoms with E-state index >= 15 is 0 Å². The van der Waals surface area contributed by atoms with E-state index in [0.717, 1.165) is 5.69 Å². The highest BCUT2D eigenvalue weighted by atomic mass is 16.4. The van der Waals surface area contributed by atoms with Crippen molar-refractivity contribution in [1.29, 1.82) is 0 Å². The fraction of sp³-hybridized carbons (Fsp3) is 0.286. The SMILES string of the molecule is Cc1c(C(=O)NC(C)CC(=O)O)nnn1-c1ccccc1. The molecule has 1 aromatic carbocycles. The fourth-order valence-corrected chi connectivity index (χ4v) is 1.96. The van der Waals surface area contributed by atoms with E-state index in [1.165, 1.54) is 0 Å². The van der Waals surface area contributed by atoms with Crippen molar-refractivity contribution < 1.29 is 14.7 Å². The molecule has 7 nitrogen and oxygen atoms in total. The summed E-state index contributed by atoms with van der Waals surface area (Å²) in [4.78, 5) is 22.7. The normalized spacial score (nSPS) is 11.9. The molecule has 2 aromatic rings. The lowest BCUT2D eigenvalue weighted by molar-refractivity contribution is -0.137. The van der Waals surface area contributed by atoms with E-state index in [0.29, 0.717) is 5.69 Å². The Morgan fingerprint density at radius 2 is 2.00 bits per heavy atom. The second kappa shape index (κ2) is 6.17. The molecule has 0 aliphatic carbocycles. The van der Waals surface area contributed by atoms with Crippen molar-refractivity contribution >= 4 is 11.9 Å². The molecule has 21 heavy (non-hydrogen) atoms. The molecule has 1 aromatic heterocycles. The summed E-state index contributed by atoms with van der Waals surface area (Å²) in [6.07, 6.45) is -0.141. The van der Waals surface area contributed by atoms with Crippen molar-refractivity contribution in [1.82, 2.24) is 20.3 Å². The summed E-state index contributed by atoms with van der Waals surface area (Å²) < 4.78 is 1.57. The number of nitrogens with zero attached hydrogens (tertiary/aromatic N) is 3. The first-order valence-corrected chi connectivity index (χ1v) is 6.49. The number of aromatic nitrogens is 3. The molecule has 1 atom stereocenters. The molecule has 2 rings (SSSR count). The summed E-state index contributed by atoms with van der Waals surface area (Å²) in [5.74, 6) is -1.39. The monoisotopic (exact) mass is 288 g/mol. The molecule has 0 saturated heterocycles. The zero-order valence-corrected chi connectivity index (χ0v) is 11.8. The average molecular weight is 288 g/mol. The molecule has 0 spiro atoms. The van der Waals surface area contributed by atoms with Crippen LogP contribution in [0.5, 0.6) is 0 Å². The third-order valence-electron chi connectivity index (χ3n) is 2.97. The second-order valence-corrected chi connectivity index (χ2v) is 4.74. The van der Waals surface area contributed by atoms with Gasteiger partial charge in [0.25, 0.3) is 5.91 Å². The zero-order valence-electron chi connectivity index (χ0n) is 11.8. The van der Waals surface area contributed by atoms with Gasteiger partial charge in [0, 0.05) is 6.04 Å². The van der Waals surface area contributed by atoms with Gasteiger partial charge in [0.05, 0.1) is 17.8 Å². The van der Waals surface area contributed by atoms with Gasteiger partial charge in [-0.25, -0.2) is 4.68 Å². The van der Waals surface area contributed by atoms with E-state index < -0.39 is 17.9 Å². The van der Waals surface area contributed by atoms with Crippen LogP contribution in [0.15, 0.2) is 30.3 Å². The molecule has 110 valence electrons. The molecule has 0 fully saturated rings. The quantitative estimate of drug-likeness (QED) is 0.860. The van der Waals surface area contributed by atoms with Gasteiger partial charge in [0.2, 0.25) is 0 Å². The molecule has 0 radical (unpaired) electrons. The van der Waals surface area contributed by atoms with Crippen molar-refractivity contribution in [2.24, 2.45) is 0 Å². The molecule has 0 bridgehead atoms. The zero-order chi connectivity index (χ0) is 15.4. The van der Waals surface area contributed by atoms with Crippen LogP contribution in [0.1, 0.15) is 29.5 Å². The predicted octanol–water partition coefficient (Wildman–Crippen LogP) is 1.17. The summed E-state index contributed by atoms with van der Waals surface area (Å²) in [6.45, 7) is 3.37. The number of hydrogen-bond acceptors (Lipinski definition) is 4. The van der Waals surface area contributed by atoms with Gasteiger partial charge in [-0.15, -0.1) is 5.10 Å². The van der Waals surface area contributed by atoms with Gasteiger partial charge in [-0.1, -0.05) is 23.4 Å². The largest absolute Gasteiger partial charge is 0.481 e. The summed E-state index contributed by atoms with van der Waals surface area (Å²) >= 11 is 0. The maximum atomic E-state index is 12.1. The van der Waals surface area contributed by atoms with Gasteiger partial charge >= 0.3 is 5.97 Å². The number of para-hydroxylation sites is 1. The number of benzene rings is 1. The molecular weight excluding hydrogens is 272 g/mol. The van der Waals surface area contributed by atoms with E-state index in [9.17, 15) is 9.59 Å². The van der Waals surface area contributed by atoms with Crippen LogP contribution in [-0.4, -0.2) is 38.0 Å². The predicted molar refractivity (Wildman–Crippen MR) is 75.3 cm³/mol. The topological polar surface area (TPSA) is 97.1 Å². The van der Waals surface area contributed by atoms with Crippen molar-refractivity contribution in [2.75, 3.05) is 0 Å². The fourth-order valence-electron chi connectivity index (χ4n) is 1.96. The summed E-state index contributed by atoms with van der Waals surface area (Å²) in [5, 5.41) is 19.1. The van der Waals surface area contributed by atoms with E-state index in [1.54, 1.807) is 18.5 Å². The Morgan fingerprint density at radius 3 is 2.62 bits per heavy atom. The Kier molecular flexibility index (Phi) is 4.32. The van der Waals surface area contributed by atoms with Gasteiger partial charge < -0.3 is 10.4 Å². The van der Waals surface area contributed by atoms with Crippen LogP contribution >= 0.6 is 0 Å². The number of amides is 1. The van der Waals surface area contributed by atoms with Crippen molar-refractivity contribution in [2.45, 2.75) is 26.3 Å². The first-order valence-electron chi connectivity index (χ1n) is 6.49. The summed E-state index contributed by atoms with van der Waals surface area (Å²) in [6, 6.07) is 8.86. The Bertz CT molecular complexity index is 651. The highest BCUT2D eigenvalue weighted by Crippen LogP contribution is 2.11. The van der Waals surface area contributed by atoms with Crippen LogP contribution in [0.25, 0.3) is 5.69 Å². The number of rotatable bonds is 5. The number of nitrogens with one attached hydrogen (secondary N) is 1. The van der Waals surface area contributed by atoms with E-state index in [2.05, 4.69) is 15.6 Å². The highest BCUT2D eigenvalue weighted by molar-refractivity contribution is 5.93. The van der Waals surface area contributed by atoms with Gasteiger partial charge in [0.1, 0.15) is 0 Å². The lowest BCUT2D eigenvalue weighted by Gasteiger charge is -2.10. The molecular formula is C14H16N4O3. The Morgan fingerprint density at radius 1 is 1.33 bits per heavy atom. The third kappa shape index (κ3) is 3.44. The van der Waals surface area contributed by atoms with Crippen LogP contribution < -0.4 is 5.32 Å². The smallest absolute Gasteiger partial charge is 0.305 e. The molecule has 1 unspecified atom stereocenters. The molecule has 2 N–H and O–H groups in total. The van der Waals surface area contributed by atoms with E-state index in [1.807, 2.05) is 30.3 Å². The first-order chi connectivity index (χ1) is 9.99. The first kappa shape index (κ1) is 14.7.